The van der Waals surface area contributed by atoms with E-state index in [4.69, 9.17) is 16.3 Å². The molecule has 0 aliphatic rings. The van der Waals surface area contributed by atoms with Crippen LogP contribution in [0.5, 0.6) is 5.75 Å². The number of carbonyl (C=O) groups is 1. The van der Waals surface area contributed by atoms with Crippen LogP contribution in [0.4, 0.5) is 10.2 Å². The molecule has 0 unspecified atom stereocenters. The molecular weight excluding hydrogens is 497 g/mol. The summed E-state index contributed by atoms with van der Waals surface area (Å²) in [6, 6.07) is 20.8. The average molecular weight is 515 g/mol. The van der Waals surface area contributed by atoms with Gasteiger partial charge >= 0.3 is 0 Å². The smallest absolute Gasteiger partial charge is 0.256 e. The molecule has 3 aromatic carbocycles. The molecular formula is C24H18BrClFN3O2. The molecule has 0 aliphatic heterocycles. The zero-order valence-electron chi connectivity index (χ0n) is 16.8. The van der Waals surface area contributed by atoms with Gasteiger partial charge in [0, 0.05) is 11.8 Å². The van der Waals surface area contributed by atoms with Crippen LogP contribution in [0, 0.1) is 5.82 Å². The SMILES string of the molecule is O=C(Nc1nn(Cc2ccc(F)cc2)cc1Cl)c1cccc(COc2ccccc2Br)c1. The second kappa shape index (κ2) is 9.97. The van der Waals surface area contributed by atoms with Gasteiger partial charge in [-0.25, -0.2) is 4.39 Å². The van der Waals surface area contributed by atoms with Gasteiger partial charge < -0.3 is 10.1 Å². The van der Waals surface area contributed by atoms with Crippen molar-refractivity contribution in [3.05, 3.63) is 111 Å². The lowest BCUT2D eigenvalue weighted by molar-refractivity contribution is 0.102. The van der Waals surface area contributed by atoms with Gasteiger partial charge in [-0.1, -0.05) is 48.0 Å². The summed E-state index contributed by atoms with van der Waals surface area (Å²) in [7, 11) is 0. The molecule has 1 heterocycles. The summed E-state index contributed by atoms with van der Waals surface area (Å²) in [6.45, 7) is 0.717. The third kappa shape index (κ3) is 5.55. The van der Waals surface area contributed by atoms with E-state index in [2.05, 4.69) is 26.3 Å². The van der Waals surface area contributed by atoms with Crippen LogP contribution in [0.25, 0.3) is 0 Å². The van der Waals surface area contributed by atoms with Crippen molar-refractivity contribution in [2.75, 3.05) is 5.32 Å². The first-order valence-electron chi connectivity index (χ1n) is 9.73. The number of halogens is 3. The Morgan fingerprint density at radius 1 is 1.06 bits per heavy atom. The van der Waals surface area contributed by atoms with E-state index in [0.29, 0.717) is 23.7 Å². The second-order valence-corrected chi connectivity index (χ2v) is 8.28. The molecule has 1 N–H and O–H groups in total. The molecule has 0 aliphatic carbocycles. The first-order valence-corrected chi connectivity index (χ1v) is 10.9. The molecule has 8 heteroatoms. The minimum Gasteiger partial charge on any atom is -0.488 e. The molecule has 5 nitrogen and oxygen atoms in total. The molecule has 162 valence electrons. The zero-order valence-corrected chi connectivity index (χ0v) is 19.1. The Morgan fingerprint density at radius 3 is 2.62 bits per heavy atom. The van der Waals surface area contributed by atoms with Gasteiger partial charge in [-0.2, -0.15) is 5.10 Å². The zero-order chi connectivity index (χ0) is 22.5. The molecule has 0 atom stereocenters. The molecule has 4 aromatic rings. The molecule has 0 saturated carbocycles. The van der Waals surface area contributed by atoms with E-state index in [1.807, 2.05) is 30.3 Å². The van der Waals surface area contributed by atoms with E-state index in [1.165, 1.54) is 12.1 Å². The standard InChI is InChI=1S/C24H18BrClFN3O2/c25-20-6-1-2-7-22(20)32-15-17-4-3-5-18(12-17)24(31)28-23-21(26)14-30(29-23)13-16-8-10-19(27)11-9-16/h1-12,14H,13,15H2,(H,28,29,31). The number of anilines is 1. The Morgan fingerprint density at radius 2 is 1.84 bits per heavy atom. The van der Waals surface area contributed by atoms with Crippen LogP contribution in [0.1, 0.15) is 21.5 Å². The van der Waals surface area contributed by atoms with E-state index in [0.717, 1.165) is 21.3 Å². The summed E-state index contributed by atoms with van der Waals surface area (Å²) in [5.74, 6) is 0.348. The van der Waals surface area contributed by atoms with Crippen molar-refractivity contribution >= 4 is 39.3 Å². The topological polar surface area (TPSA) is 56.2 Å². The summed E-state index contributed by atoms with van der Waals surface area (Å²) in [6.07, 6.45) is 1.61. The predicted molar refractivity (Wildman–Crippen MR) is 126 cm³/mol. The maximum atomic E-state index is 13.1. The first-order chi connectivity index (χ1) is 15.5. The van der Waals surface area contributed by atoms with Gasteiger partial charge in [0.2, 0.25) is 0 Å². The number of nitrogens with zero attached hydrogens (tertiary/aromatic N) is 2. The minimum absolute atomic E-state index is 0.258. The molecule has 0 spiro atoms. The van der Waals surface area contributed by atoms with Crippen LogP contribution in [-0.2, 0) is 13.2 Å². The number of carbonyl (C=O) groups excluding carboxylic acids is 1. The fourth-order valence-electron chi connectivity index (χ4n) is 3.04. The highest BCUT2D eigenvalue weighted by Crippen LogP contribution is 2.25. The van der Waals surface area contributed by atoms with Crippen molar-refractivity contribution in [1.82, 2.24) is 9.78 Å². The highest BCUT2D eigenvalue weighted by molar-refractivity contribution is 9.10. The van der Waals surface area contributed by atoms with E-state index < -0.39 is 0 Å². The lowest BCUT2D eigenvalue weighted by atomic mass is 10.1. The van der Waals surface area contributed by atoms with E-state index in [-0.39, 0.29) is 17.5 Å². The number of aromatic nitrogens is 2. The fraction of sp³-hybridized carbons (Fsp3) is 0.0833. The number of hydrogen-bond donors (Lipinski definition) is 1. The Labute approximate surface area is 197 Å². The van der Waals surface area contributed by atoms with Crippen molar-refractivity contribution in [3.8, 4) is 5.75 Å². The largest absolute Gasteiger partial charge is 0.488 e. The van der Waals surface area contributed by atoms with Crippen molar-refractivity contribution < 1.29 is 13.9 Å². The number of ether oxygens (including phenoxy) is 1. The van der Waals surface area contributed by atoms with Gasteiger partial charge in [0.1, 0.15) is 23.2 Å². The molecule has 0 bridgehead atoms. The lowest BCUT2D eigenvalue weighted by Gasteiger charge is -2.09. The Bertz CT molecular complexity index is 1240. The minimum atomic E-state index is -0.332. The van der Waals surface area contributed by atoms with Gasteiger partial charge in [0.25, 0.3) is 5.91 Å². The van der Waals surface area contributed by atoms with Crippen LogP contribution in [-0.4, -0.2) is 15.7 Å². The highest BCUT2D eigenvalue weighted by Gasteiger charge is 2.13. The molecule has 0 radical (unpaired) electrons. The maximum Gasteiger partial charge on any atom is 0.256 e. The highest BCUT2D eigenvalue weighted by atomic mass is 79.9. The van der Waals surface area contributed by atoms with Crippen LogP contribution in [0.15, 0.2) is 83.5 Å². The van der Waals surface area contributed by atoms with Gasteiger partial charge in [0.05, 0.1) is 11.0 Å². The lowest BCUT2D eigenvalue weighted by Crippen LogP contribution is -2.13. The maximum absolute atomic E-state index is 13.1. The summed E-state index contributed by atoms with van der Waals surface area (Å²) >= 11 is 9.70. The van der Waals surface area contributed by atoms with E-state index in [9.17, 15) is 9.18 Å². The van der Waals surface area contributed by atoms with Crippen molar-refractivity contribution in [3.63, 3.8) is 0 Å². The van der Waals surface area contributed by atoms with Gasteiger partial charge in [0.15, 0.2) is 5.82 Å². The number of benzene rings is 3. The van der Waals surface area contributed by atoms with Crippen LogP contribution >= 0.6 is 27.5 Å². The number of para-hydroxylation sites is 1. The summed E-state index contributed by atoms with van der Waals surface area (Å²) in [5.41, 5.74) is 2.17. The van der Waals surface area contributed by atoms with Crippen LogP contribution in [0.3, 0.4) is 0 Å². The van der Waals surface area contributed by atoms with Crippen molar-refractivity contribution in [2.24, 2.45) is 0 Å². The number of rotatable bonds is 7. The normalized spacial score (nSPS) is 10.7. The predicted octanol–water partition coefficient (Wildman–Crippen LogP) is 6.32. The van der Waals surface area contributed by atoms with E-state index in [1.54, 1.807) is 41.2 Å². The summed E-state index contributed by atoms with van der Waals surface area (Å²) in [4.78, 5) is 12.7. The Balaban J connectivity index is 1.41. The number of nitrogens with one attached hydrogen (secondary N) is 1. The quantitative estimate of drug-likeness (QED) is 0.314. The third-order valence-electron chi connectivity index (χ3n) is 4.63. The fourth-order valence-corrected chi connectivity index (χ4v) is 3.64. The van der Waals surface area contributed by atoms with Crippen molar-refractivity contribution in [1.29, 1.82) is 0 Å². The van der Waals surface area contributed by atoms with Gasteiger partial charge in [-0.15, -0.1) is 0 Å². The van der Waals surface area contributed by atoms with Crippen LogP contribution < -0.4 is 10.1 Å². The first kappa shape index (κ1) is 22.0. The molecule has 4 rings (SSSR count). The molecule has 0 fully saturated rings. The summed E-state index contributed by atoms with van der Waals surface area (Å²) in [5, 5.41) is 7.38. The van der Waals surface area contributed by atoms with Gasteiger partial charge in [-0.05, 0) is 63.5 Å². The second-order valence-electron chi connectivity index (χ2n) is 7.02. The number of amides is 1. The number of hydrogen-bond acceptors (Lipinski definition) is 3. The van der Waals surface area contributed by atoms with Crippen LogP contribution in [0.2, 0.25) is 5.02 Å². The summed E-state index contributed by atoms with van der Waals surface area (Å²) < 4.78 is 21.4. The molecule has 32 heavy (non-hydrogen) atoms. The van der Waals surface area contributed by atoms with E-state index >= 15 is 0 Å². The monoisotopic (exact) mass is 513 g/mol. The van der Waals surface area contributed by atoms with Gasteiger partial charge in [-0.3, -0.25) is 9.48 Å². The molecule has 1 amide bonds. The molecule has 0 saturated heterocycles. The Kier molecular flexibility index (Phi) is 6.87. The Hall–Kier alpha value is -3.16. The average Bonchev–Trinajstić information content (AvgIpc) is 3.13. The van der Waals surface area contributed by atoms with Crippen molar-refractivity contribution in [2.45, 2.75) is 13.2 Å². The molecule has 1 aromatic heterocycles. The third-order valence-corrected chi connectivity index (χ3v) is 5.56.